The van der Waals surface area contributed by atoms with E-state index in [1.807, 2.05) is 0 Å². The Morgan fingerprint density at radius 3 is 2.06 bits per heavy atom. The predicted octanol–water partition coefficient (Wildman–Crippen LogP) is 3.77. The molecular formula is C25H20ClNO5. The Balaban J connectivity index is 1.54. The van der Waals surface area contributed by atoms with Crippen LogP contribution in [0.4, 0.5) is 0 Å². The second-order valence-electron chi connectivity index (χ2n) is 8.99. The average molecular weight is 450 g/mol. The van der Waals surface area contributed by atoms with Crippen molar-refractivity contribution in [1.82, 2.24) is 4.90 Å². The van der Waals surface area contributed by atoms with Crippen LogP contribution in [0.3, 0.4) is 0 Å². The van der Waals surface area contributed by atoms with Crippen LogP contribution in [-0.2, 0) is 14.3 Å². The van der Waals surface area contributed by atoms with Crippen LogP contribution in [-0.4, -0.2) is 39.9 Å². The molecule has 1 spiro atoms. The Kier molecular flexibility index (Phi) is 4.23. The van der Waals surface area contributed by atoms with Gasteiger partial charge in [0.2, 0.25) is 29.0 Å². The summed E-state index contributed by atoms with van der Waals surface area (Å²) in [5, 5.41) is 0.364. The van der Waals surface area contributed by atoms with Gasteiger partial charge in [0.15, 0.2) is 0 Å². The summed E-state index contributed by atoms with van der Waals surface area (Å²) in [5.74, 6) is -4.09. The number of Topliss-reactive ketones (excluding diaryl/α,β-unsaturated/α-hetero) is 2. The van der Waals surface area contributed by atoms with Crippen molar-refractivity contribution in [2.24, 2.45) is 11.8 Å². The summed E-state index contributed by atoms with van der Waals surface area (Å²) in [7, 11) is 0. The summed E-state index contributed by atoms with van der Waals surface area (Å²) in [6.45, 7) is 0. The molecule has 2 aliphatic carbocycles. The van der Waals surface area contributed by atoms with Crippen molar-refractivity contribution < 1.29 is 23.9 Å². The van der Waals surface area contributed by atoms with Crippen LogP contribution in [0.2, 0.25) is 5.02 Å². The van der Waals surface area contributed by atoms with Gasteiger partial charge in [0.1, 0.15) is 0 Å². The van der Waals surface area contributed by atoms with E-state index in [-0.39, 0.29) is 23.1 Å². The van der Waals surface area contributed by atoms with E-state index in [0.717, 1.165) is 25.7 Å². The first-order valence-corrected chi connectivity index (χ1v) is 11.3. The first kappa shape index (κ1) is 19.8. The molecule has 0 radical (unpaired) electrons. The van der Waals surface area contributed by atoms with Gasteiger partial charge in [-0.15, -0.1) is 0 Å². The van der Waals surface area contributed by atoms with Crippen LogP contribution in [0.25, 0.3) is 0 Å². The molecule has 3 fully saturated rings. The highest BCUT2D eigenvalue weighted by atomic mass is 35.5. The molecule has 1 saturated carbocycles. The first-order chi connectivity index (χ1) is 15.5. The molecule has 2 saturated heterocycles. The van der Waals surface area contributed by atoms with Gasteiger partial charge in [-0.1, -0.05) is 66.9 Å². The van der Waals surface area contributed by atoms with Crippen LogP contribution in [0.15, 0.2) is 48.5 Å². The van der Waals surface area contributed by atoms with Crippen molar-refractivity contribution in [3.05, 3.63) is 70.2 Å². The third kappa shape index (κ3) is 2.34. The third-order valence-electron chi connectivity index (χ3n) is 7.45. The summed E-state index contributed by atoms with van der Waals surface area (Å²) < 4.78 is 6.25. The Morgan fingerprint density at radius 2 is 1.44 bits per heavy atom. The van der Waals surface area contributed by atoms with E-state index >= 15 is 0 Å². The number of halogens is 1. The zero-order valence-electron chi connectivity index (χ0n) is 17.1. The molecule has 3 atom stereocenters. The van der Waals surface area contributed by atoms with E-state index in [1.54, 1.807) is 48.5 Å². The SMILES string of the molecule is O=C1[C@H]2[C@@H](C(=O)N1C1CCCC1)C1(O[C@H]2c2ccccc2Cl)C(=O)c2ccccc2C1=O. The third-order valence-corrected chi connectivity index (χ3v) is 7.80. The van der Waals surface area contributed by atoms with Crippen molar-refractivity contribution in [2.75, 3.05) is 0 Å². The monoisotopic (exact) mass is 449 g/mol. The molecule has 0 aromatic heterocycles. The summed E-state index contributed by atoms with van der Waals surface area (Å²) in [6.07, 6.45) is 2.40. The number of carbonyl (C=O) groups is 4. The van der Waals surface area contributed by atoms with Crippen molar-refractivity contribution in [3.8, 4) is 0 Å². The summed E-state index contributed by atoms with van der Waals surface area (Å²) in [6, 6.07) is 13.2. The van der Waals surface area contributed by atoms with E-state index in [9.17, 15) is 19.2 Å². The molecule has 0 bridgehead atoms. The average Bonchev–Trinajstić information content (AvgIpc) is 3.53. The quantitative estimate of drug-likeness (QED) is 0.515. The zero-order chi connectivity index (χ0) is 22.2. The second-order valence-corrected chi connectivity index (χ2v) is 9.39. The number of nitrogens with zero attached hydrogens (tertiary/aromatic N) is 1. The van der Waals surface area contributed by atoms with Gasteiger partial charge in [-0.05, 0) is 18.9 Å². The predicted molar refractivity (Wildman–Crippen MR) is 114 cm³/mol. The van der Waals surface area contributed by atoms with Gasteiger partial charge in [-0.3, -0.25) is 24.1 Å². The van der Waals surface area contributed by atoms with E-state index in [0.29, 0.717) is 10.6 Å². The summed E-state index contributed by atoms with van der Waals surface area (Å²) >= 11 is 6.44. The van der Waals surface area contributed by atoms with Crippen molar-refractivity contribution in [3.63, 3.8) is 0 Å². The maximum atomic E-state index is 13.7. The highest BCUT2D eigenvalue weighted by molar-refractivity contribution is 6.35. The van der Waals surface area contributed by atoms with Crippen LogP contribution < -0.4 is 0 Å². The number of imide groups is 1. The standard InChI is InChI=1S/C25H20ClNO5/c26-17-12-6-5-11-16(17)20-18-19(24(31)27(23(18)30)13-7-1-2-8-13)25(32-20)21(28)14-9-3-4-10-15(14)22(25)29/h3-6,9-13,18-20H,1-2,7-8H2/t18-,19-,20-/m0/s1. The smallest absolute Gasteiger partial charge is 0.237 e. The molecule has 2 aromatic carbocycles. The molecular weight excluding hydrogens is 430 g/mol. The number of ether oxygens (including phenoxy) is 1. The Hall–Kier alpha value is -2.83. The van der Waals surface area contributed by atoms with Gasteiger partial charge >= 0.3 is 0 Å². The van der Waals surface area contributed by atoms with E-state index in [1.165, 1.54) is 4.90 Å². The van der Waals surface area contributed by atoms with E-state index in [4.69, 9.17) is 16.3 Å². The number of hydrogen-bond donors (Lipinski definition) is 0. The van der Waals surface area contributed by atoms with Crippen molar-refractivity contribution >= 4 is 35.0 Å². The van der Waals surface area contributed by atoms with Gasteiger partial charge in [0, 0.05) is 27.8 Å². The van der Waals surface area contributed by atoms with Crippen LogP contribution in [0.5, 0.6) is 0 Å². The molecule has 2 aromatic rings. The molecule has 2 aliphatic heterocycles. The van der Waals surface area contributed by atoms with Crippen molar-refractivity contribution in [1.29, 1.82) is 0 Å². The first-order valence-electron chi connectivity index (χ1n) is 10.9. The molecule has 6 rings (SSSR count). The minimum atomic E-state index is -2.03. The Morgan fingerprint density at radius 1 is 0.844 bits per heavy atom. The molecule has 2 amide bonds. The largest absolute Gasteiger partial charge is 0.349 e. The van der Waals surface area contributed by atoms with Gasteiger partial charge in [0.05, 0.1) is 17.9 Å². The molecule has 162 valence electrons. The number of likely N-dealkylation sites (tertiary alicyclic amines) is 1. The lowest BCUT2D eigenvalue weighted by atomic mass is 9.77. The molecule has 32 heavy (non-hydrogen) atoms. The van der Waals surface area contributed by atoms with Gasteiger partial charge in [-0.25, -0.2) is 0 Å². The number of fused-ring (bicyclic) bond motifs is 3. The van der Waals surface area contributed by atoms with Crippen LogP contribution >= 0.6 is 11.6 Å². The molecule has 0 N–H and O–H groups in total. The molecule has 0 unspecified atom stereocenters. The fraction of sp³-hybridized carbons (Fsp3) is 0.360. The second kappa shape index (κ2) is 6.83. The number of hydrogen-bond acceptors (Lipinski definition) is 5. The normalized spacial score (nSPS) is 28.8. The molecule has 6 nitrogen and oxygen atoms in total. The van der Waals surface area contributed by atoms with Crippen LogP contribution in [0.1, 0.15) is 58.1 Å². The number of carbonyl (C=O) groups excluding carboxylic acids is 4. The maximum absolute atomic E-state index is 13.7. The fourth-order valence-corrected chi connectivity index (χ4v) is 6.29. The van der Waals surface area contributed by atoms with Gasteiger partial charge in [0.25, 0.3) is 0 Å². The van der Waals surface area contributed by atoms with Crippen molar-refractivity contribution in [2.45, 2.75) is 43.4 Å². The minimum Gasteiger partial charge on any atom is -0.349 e. The van der Waals surface area contributed by atoms with Gasteiger partial charge < -0.3 is 4.74 Å². The highest BCUT2D eigenvalue weighted by Gasteiger charge is 2.75. The number of benzene rings is 2. The fourth-order valence-electron chi connectivity index (χ4n) is 6.05. The molecule has 2 heterocycles. The summed E-state index contributed by atoms with van der Waals surface area (Å²) in [5.41, 5.74) is -1.06. The lowest BCUT2D eigenvalue weighted by Gasteiger charge is -2.29. The van der Waals surface area contributed by atoms with Crippen LogP contribution in [0, 0.1) is 11.8 Å². The molecule has 7 heteroatoms. The lowest BCUT2D eigenvalue weighted by molar-refractivity contribution is -0.147. The highest BCUT2D eigenvalue weighted by Crippen LogP contribution is 2.58. The number of rotatable bonds is 2. The number of ketones is 2. The lowest BCUT2D eigenvalue weighted by Crippen LogP contribution is -2.51. The maximum Gasteiger partial charge on any atom is 0.237 e. The Labute approximate surface area is 189 Å². The minimum absolute atomic E-state index is 0.196. The van der Waals surface area contributed by atoms with E-state index < -0.39 is 41.0 Å². The van der Waals surface area contributed by atoms with Gasteiger partial charge in [-0.2, -0.15) is 0 Å². The Bertz CT molecular complexity index is 1170. The van der Waals surface area contributed by atoms with E-state index in [2.05, 4.69) is 0 Å². The number of amides is 2. The summed E-state index contributed by atoms with van der Waals surface area (Å²) in [4.78, 5) is 56.0. The zero-order valence-corrected chi connectivity index (χ0v) is 17.9. The molecule has 4 aliphatic rings. The topological polar surface area (TPSA) is 80.8 Å².